The van der Waals surface area contributed by atoms with E-state index in [1.54, 1.807) is 53.4 Å². The van der Waals surface area contributed by atoms with E-state index < -0.39 is 35.9 Å². The molecule has 0 radical (unpaired) electrons. The Morgan fingerprint density at radius 2 is 1.62 bits per heavy atom. The minimum absolute atomic E-state index is 0.0204. The summed E-state index contributed by atoms with van der Waals surface area (Å²) in [5.74, 6) is 0.560. The van der Waals surface area contributed by atoms with Gasteiger partial charge in [0, 0.05) is 42.5 Å². The Bertz CT molecular complexity index is 3020. The number of likely N-dealkylation sites (tertiary alicyclic amines) is 2. The van der Waals surface area contributed by atoms with Gasteiger partial charge in [0.25, 0.3) is 5.91 Å². The lowest BCUT2D eigenvalue weighted by Crippen LogP contribution is -2.51. The molecular formula is C48H50N8O9. The van der Waals surface area contributed by atoms with E-state index in [9.17, 15) is 24.0 Å². The fraction of sp³-hybridized carbons (Fsp3) is 0.354. The Morgan fingerprint density at radius 3 is 2.37 bits per heavy atom. The highest BCUT2D eigenvalue weighted by Gasteiger charge is 2.42. The van der Waals surface area contributed by atoms with Gasteiger partial charge in [0.2, 0.25) is 5.91 Å². The molecule has 17 nitrogen and oxygen atoms in total. The van der Waals surface area contributed by atoms with Gasteiger partial charge in [-0.1, -0.05) is 62.4 Å². The van der Waals surface area contributed by atoms with Gasteiger partial charge in [-0.05, 0) is 65.8 Å². The molecule has 5 atom stereocenters. The molecule has 2 fully saturated rings. The van der Waals surface area contributed by atoms with Gasteiger partial charge in [-0.25, -0.2) is 24.4 Å². The number of hydrogen-bond acceptors (Lipinski definition) is 11. The molecule has 4 amide bonds. The number of carbonyl (C=O) groups is 4. The first-order valence-electron chi connectivity index (χ1n) is 21.7. The summed E-state index contributed by atoms with van der Waals surface area (Å²) in [6, 6.07) is 19.9. The number of fused-ring (bicyclic) bond motifs is 6. The van der Waals surface area contributed by atoms with Crippen molar-refractivity contribution in [3.05, 3.63) is 107 Å². The van der Waals surface area contributed by atoms with Crippen LogP contribution in [-0.2, 0) is 23.8 Å². The normalized spacial score (nSPS) is 18.5. The Balaban J connectivity index is 1.01. The zero-order valence-electron chi connectivity index (χ0n) is 36.7. The molecule has 4 N–H and O–H groups in total. The zero-order chi connectivity index (χ0) is 45.5. The highest BCUT2D eigenvalue weighted by atomic mass is 16.5. The Morgan fingerprint density at radius 1 is 0.831 bits per heavy atom. The zero-order valence-corrected chi connectivity index (χ0v) is 36.7. The molecule has 336 valence electrons. The van der Waals surface area contributed by atoms with Crippen LogP contribution in [0, 0.1) is 11.8 Å². The average Bonchev–Trinajstić information content (AvgIpc) is 4.16. The lowest BCUT2D eigenvalue weighted by Gasteiger charge is -2.29. The minimum atomic E-state index is -0.988. The maximum Gasteiger partial charge on any atom is 0.407 e. The number of nitrogens with zero attached hydrogens (tertiary/aromatic N) is 4. The molecule has 0 spiro atoms. The number of amides is 4. The van der Waals surface area contributed by atoms with Crippen LogP contribution in [0.15, 0.2) is 88.2 Å². The van der Waals surface area contributed by atoms with Crippen LogP contribution in [0.4, 0.5) is 9.59 Å². The molecule has 65 heavy (non-hydrogen) atoms. The van der Waals surface area contributed by atoms with E-state index in [2.05, 4.69) is 20.6 Å². The van der Waals surface area contributed by atoms with Crippen LogP contribution in [-0.4, -0.2) is 101 Å². The third-order valence-corrected chi connectivity index (χ3v) is 12.7. The standard InChI is InChI=1S/C48H50N8O9/c1-25(2)39(53-47(60)63-4)44(57)55-17-9-12-36(55)43-50-34-16-14-28-19-32-30-15-13-29(20-33(30)46(59)65-38(32)21-31(28)41(34)52-43)35-22-49-42(51-35)37-18-26(24-62-3)23-56(37)45(58)40(54-48(61)64-5)27-10-7-6-8-11-27/h6-8,10-11,13-16,19-22,25-26,36-37,39-40H,9,12,17-18,23-24H2,1-5H3,(H,49,51)(H,50,52)(H,53,60)(H,54,61)/t26-,36-,37-,39-,40+/m0/s1. The number of ether oxygens (including phenoxy) is 3. The topological polar surface area (TPSA) is 214 Å². The maximum atomic E-state index is 14.3. The third kappa shape index (κ3) is 8.11. The third-order valence-electron chi connectivity index (χ3n) is 12.7. The number of carbonyl (C=O) groups excluding carboxylic acids is 4. The molecule has 5 heterocycles. The molecule has 0 unspecified atom stereocenters. The number of aromatic nitrogens is 4. The molecule has 4 aromatic carbocycles. The largest absolute Gasteiger partial charge is 0.453 e. The second kappa shape index (κ2) is 17.7. The van der Waals surface area contributed by atoms with E-state index in [-0.39, 0.29) is 29.7 Å². The molecular weight excluding hydrogens is 833 g/mol. The monoisotopic (exact) mass is 882 g/mol. The molecule has 17 heteroatoms. The van der Waals surface area contributed by atoms with Crippen LogP contribution in [0.25, 0.3) is 54.8 Å². The first kappa shape index (κ1) is 43.0. The number of aromatic amines is 2. The smallest absolute Gasteiger partial charge is 0.407 e. The lowest BCUT2D eigenvalue weighted by molar-refractivity contribution is -0.136. The van der Waals surface area contributed by atoms with Crippen molar-refractivity contribution in [2.75, 3.05) is 41.0 Å². The number of hydrogen-bond donors (Lipinski definition) is 4. The molecule has 7 aromatic rings. The molecule has 0 aliphatic carbocycles. The molecule has 2 aliphatic rings. The summed E-state index contributed by atoms with van der Waals surface area (Å²) < 4.78 is 21.2. The van der Waals surface area contributed by atoms with E-state index >= 15 is 0 Å². The predicted octanol–water partition coefficient (Wildman–Crippen LogP) is 7.04. The highest BCUT2D eigenvalue weighted by molar-refractivity contribution is 6.14. The fourth-order valence-electron chi connectivity index (χ4n) is 9.47. The van der Waals surface area contributed by atoms with Gasteiger partial charge in [0.05, 0.1) is 61.2 Å². The Kier molecular flexibility index (Phi) is 11.7. The van der Waals surface area contributed by atoms with Crippen LogP contribution in [0.5, 0.6) is 0 Å². The molecule has 2 saturated heterocycles. The fourth-order valence-corrected chi connectivity index (χ4v) is 9.47. The van der Waals surface area contributed by atoms with E-state index in [0.29, 0.717) is 82.9 Å². The second-order valence-corrected chi connectivity index (χ2v) is 17.1. The minimum Gasteiger partial charge on any atom is -0.453 e. The van der Waals surface area contributed by atoms with Gasteiger partial charge < -0.3 is 49.0 Å². The summed E-state index contributed by atoms with van der Waals surface area (Å²) in [5.41, 5.74) is 3.32. The quantitative estimate of drug-likeness (QED) is 0.0587. The van der Waals surface area contributed by atoms with Crippen LogP contribution in [0.3, 0.4) is 0 Å². The highest BCUT2D eigenvalue weighted by Crippen LogP contribution is 2.39. The molecule has 0 saturated carbocycles. The summed E-state index contributed by atoms with van der Waals surface area (Å²) in [7, 11) is 4.15. The number of alkyl carbamates (subject to hydrolysis) is 2. The van der Waals surface area contributed by atoms with Crippen LogP contribution in [0.1, 0.15) is 68.4 Å². The molecule has 2 aliphatic heterocycles. The summed E-state index contributed by atoms with van der Waals surface area (Å²) in [6.07, 6.45) is 2.37. The van der Waals surface area contributed by atoms with Crippen molar-refractivity contribution in [2.45, 2.75) is 57.3 Å². The first-order chi connectivity index (χ1) is 31.5. The number of rotatable bonds is 11. The second-order valence-electron chi connectivity index (χ2n) is 17.1. The van der Waals surface area contributed by atoms with Crippen LogP contribution in [0.2, 0.25) is 0 Å². The first-order valence-corrected chi connectivity index (χ1v) is 21.7. The van der Waals surface area contributed by atoms with Crippen LogP contribution < -0.4 is 16.3 Å². The summed E-state index contributed by atoms with van der Waals surface area (Å²) in [5, 5.41) is 8.93. The average molecular weight is 883 g/mol. The number of nitrogens with one attached hydrogen (secondary N) is 4. The van der Waals surface area contributed by atoms with E-state index in [0.717, 1.165) is 28.1 Å². The molecule has 0 bridgehead atoms. The van der Waals surface area contributed by atoms with Gasteiger partial charge in [0.15, 0.2) is 0 Å². The summed E-state index contributed by atoms with van der Waals surface area (Å²) >= 11 is 0. The van der Waals surface area contributed by atoms with Crippen molar-refractivity contribution in [2.24, 2.45) is 11.8 Å². The number of H-pyrrole nitrogens is 2. The van der Waals surface area contributed by atoms with Crippen molar-refractivity contribution >= 4 is 67.5 Å². The van der Waals surface area contributed by atoms with E-state index in [1.165, 1.54) is 14.2 Å². The van der Waals surface area contributed by atoms with Crippen molar-refractivity contribution in [1.82, 2.24) is 40.4 Å². The Hall–Kier alpha value is -7.27. The predicted molar refractivity (Wildman–Crippen MR) is 242 cm³/mol. The maximum absolute atomic E-state index is 14.3. The van der Waals surface area contributed by atoms with Crippen LogP contribution >= 0.6 is 0 Å². The number of benzene rings is 4. The van der Waals surface area contributed by atoms with Gasteiger partial charge in [-0.15, -0.1) is 0 Å². The van der Waals surface area contributed by atoms with Gasteiger partial charge in [0.1, 0.15) is 29.3 Å². The van der Waals surface area contributed by atoms with Crippen molar-refractivity contribution in [3.8, 4) is 11.3 Å². The van der Waals surface area contributed by atoms with Gasteiger partial charge in [-0.2, -0.15) is 0 Å². The SMILES string of the molecule is COC[C@H]1C[C@@H](c2ncc(-c3ccc4c(c3)c(=O)oc3cc5c(ccc6[nH]c([C@@H]7CCCN7C(=O)[C@@H](NC(=O)OC)C(C)C)nc65)cc34)[nH]2)N(C(=O)[C@H](NC(=O)OC)c2ccccc2)C1. The summed E-state index contributed by atoms with van der Waals surface area (Å²) in [4.78, 5) is 86.5. The van der Waals surface area contributed by atoms with Gasteiger partial charge in [-0.3, -0.25) is 9.59 Å². The van der Waals surface area contributed by atoms with Crippen molar-refractivity contribution in [1.29, 1.82) is 0 Å². The van der Waals surface area contributed by atoms with Gasteiger partial charge >= 0.3 is 17.8 Å². The van der Waals surface area contributed by atoms with Crippen molar-refractivity contribution in [3.63, 3.8) is 0 Å². The molecule has 9 rings (SSSR count). The number of methoxy groups -OCH3 is 3. The summed E-state index contributed by atoms with van der Waals surface area (Å²) in [6.45, 7) is 5.11. The van der Waals surface area contributed by atoms with Crippen molar-refractivity contribution < 1.29 is 37.8 Å². The van der Waals surface area contributed by atoms with E-state index in [4.69, 9.17) is 28.6 Å². The lowest BCUT2D eigenvalue weighted by atomic mass is 10.0. The molecule has 3 aromatic heterocycles. The Labute approximate surface area is 372 Å². The number of imidazole rings is 2. The van der Waals surface area contributed by atoms with E-state index in [1.807, 2.05) is 56.3 Å².